The number of anilines is 1. The second kappa shape index (κ2) is 9.89. The molecule has 174 valence electrons. The van der Waals surface area contributed by atoms with E-state index in [1.807, 2.05) is 68.1 Å². The summed E-state index contributed by atoms with van der Waals surface area (Å²) in [6.07, 6.45) is 2.89. The van der Waals surface area contributed by atoms with Crippen LogP contribution in [0.4, 0.5) is 5.82 Å². The first-order chi connectivity index (χ1) is 16.4. The third-order valence-electron chi connectivity index (χ3n) is 5.73. The summed E-state index contributed by atoms with van der Waals surface area (Å²) in [7, 11) is 0. The van der Waals surface area contributed by atoms with Gasteiger partial charge in [0.1, 0.15) is 23.1 Å². The normalized spacial score (nSPS) is 18.5. The van der Waals surface area contributed by atoms with E-state index in [2.05, 4.69) is 5.32 Å². The van der Waals surface area contributed by atoms with E-state index in [1.165, 1.54) is 10.5 Å². The third-order valence-corrected chi connectivity index (χ3v) is 5.73. The summed E-state index contributed by atoms with van der Waals surface area (Å²) >= 11 is 0. The second-order valence-corrected chi connectivity index (χ2v) is 8.54. The first-order valence-electron chi connectivity index (χ1n) is 11.2. The van der Waals surface area contributed by atoms with Crippen molar-refractivity contribution in [1.82, 2.24) is 14.7 Å². The molecule has 8 heteroatoms. The van der Waals surface area contributed by atoms with Gasteiger partial charge in [-0.05, 0) is 44.0 Å². The van der Waals surface area contributed by atoms with Gasteiger partial charge in [0.05, 0.1) is 17.8 Å². The van der Waals surface area contributed by atoms with Crippen molar-refractivity contribution in [2.75, 3.05) is 18.0 Å². The first-order valence-corrected chi connectivity index (χ1v) is 11.2. The first kappa shape index (κ1) is 23.2. The van der Waals surface area contributed by atoms with Crippen molar-refractivity contribution in [2.24, 2.45) is 0 Å². The molecule has 0 bridgehead atoms. The molecule has 0 saturated carbocycles. The van der Waals surface area contributed by atoms with Gasteiger partial charge in [-0.2, -0.15) is 5.26 Å². The summed E-state index contributed by atoms with van der Waals surface area (Å²) in [5.74, 6) is -0.0975. The molecule has 2 atom stereocenters. The van der Waals surface area contributed by atoms with Crippen molar-refractivity contribution in [3.8, 4) is 6.07 Å². The van der Waals surface area contributed by atoms with E-state index in [0.29, 0.717) is 24.6 Å². The number of nitrogens with one attached hydrogen (secondary N) is 1. The van der Waals surface area contributed by atoms with Gasteiger partial charge < -0.3 is 15.0 Å². The minimum atomic E-state index is -0.547. The van der Waals surface area contributed by atoms with Crippen molar-refractivity contribution in [1.29, 1.82) is 5.26 Å². The molecule has 1 saturated heterocycles. The van der Waals surface area contributed by atoms with Crippen LogP contribution in [-0.2, 0) is 16.1 Å². The molecular formula is C26H27N5O3. The Bertz CT molecular complexity index is 1330. The number of fused-ring (bicyclic) bond motifs is 1. The predicted molar refractivity (Wildman–Crippen MR) is 130 cm³/mol. The van der Waals surface area contributed by atoms with Crippen LogP contribution >= 0.6 is 0 Å². The zero-order valence-electron chi connectivity index (χ0n) is 19.5. The molecule has 1 aromatic carbocycles. The molecule has 4 rings (SSSR count). The third kappa shape index (κ3) is 4.85. The van der Waals surface area contributed by atoms with E-state index in [1.54, 1.807) is 12.3 Å². The van der Waals surface area contributed by atoms with E-state index in [9.17, 15) is 14.9 Å². The van der Waals surface area contributed by atoms with Crippen LogP contribution in [0.15, 0.2) is 59.0 Å². The number of nitriles is 1. The van der Waals surface area contributed by atoms with Crippen LogP contribution in [0, 0.1) is 18.3 Å². The van der Waals surface area contributed by atoms with Crippen LogP contribution in [0.2, 0.25) is 0 Å². The maximum atomic E-state index is 13.5. The maximum Gasteiger partial charge on any atom is 0.267 e. The molecule has 8 nitrogen and oxygen atoms in total. The SMILES string of the molecule is Cc1cccn2c(=O)c(/C=C(\C#N)C(=O)NCc3ccccc3)c(N3C[C@@H](C)O[C@@H](C)C3)nc12. The van der Waals surface area contributed by atoms with Crippen LogP contribution in [0.5, 0.6) is 0 Å². The number of hydrogen-bond donors (Lipinski definition) is 1. The molecule has 1 fully saturated rings. The largest absolute Gasteiger partial charge is 0.372 e. The van der Waals surface area contributed by atoms with Gasteiger partial charge in [-0.25, -0.2) is 4.98 Å². The number of rotatable bonds is 5. The van der Waals surface area contributed by atoms with Gasteiger partial charge in [0, 0.05) is 25.8 Å². The van der Waals surface area contributed by atoms with Gasteiger partial charge in [-0.1, -0.05) is 36.4 Å². The van der Waals surface area contributed by atoms with Crippen LogP contribution in [0.25, 0.3) is 11.7 Å². The molecule has 34 heavy (non-hydrogen) atoms. The number of carbonyl (C=O) groups excluding carboxylic acids is 1. The Morgan fingerprint density at radius 1 is 1.21 bits per heavy atom. The van der Waals surface area contributed by atoms with Crippen LogP contribution < -0.4 is 15.8 Å². The quantitative estimate of drug-likeness (QED) is 0.467. The number of carbonyl (C=O) groups is 1. The minimum absolute atomic E-state index is 0.0534. The Morgan fingerprint density at radius 3 is 2.59 bits per heavy atom. The van der Waals surface area contributed by atoms with Crippen molar-refractivity contribution < 1.29 is 9.53 Å². The van der Waals surface area contributed by atoms with Gasteiger partial charge in [-0.15, -0.1) is 0 Å². The Kier molecular flexibility index (Phi) is 6.75. The minimum Gasteiger partial charge on any atom is -0.372 e. The molecule has 0 aliphatic carbocycles. The lowest BCUT2D eigenvalue weighted by atomic mass is 10.1. The topological polar surface area (TPSA) is 99.7 Å². The summed E-state index contributed by atoms with van der Waals surface area (Å²) in [5.41, 5.74) is 2.02. The highest BCUT2D eigenvalue weighted by Gasteiger charge is 2.27. The molecule has 0 spiro atoms. The molecule has 1 amide bonds. The Morgan fingerprint density at radius 2 is 1.91 bits per heavy atom. The van der Waals surface area contributed by atoms with E-state index >= 15 is 0 Å². The lowest BCUT2D eigenvalue weighted by Crippen LogP contribution is -2.46. The number of pyridine rings is 1. The van der Waals surface area contributed by atoms with Crippen LogP contribution in [0.1, 0.15) is 30.5 Å². The summed E-state index contributed by atoms with van der Waals surface area (Å²) in [5, 5.41) is 12.5. The Labute approximate surface area is 198 Å². The molecule has 0 radical (unpaired) electrons. The summed E-state index contributed by atoms with van der Waals surface area (Å²) < 4.78 is 7.30. The van der Waals surface area contributed by atoms with Gasteiger partial charge in [0.2, 0.25) is 0 Å². The second-order valence-electron chi connectivity index (χ2n) is 8.54. The van der Waals surface area contributed by atoms with Crippen LogP contribution in [0.3, 0.4) is 0 Å². The van der Waals surface area contributed by atoms with E-state index in [-0.39, 0.29) is 35.4 Å². The van der Waals surface area contributed by atoms with Gasteiger partial charge >= 0.3 is 0 Å². The molecule has 1 aliphatic rings. The van der Waals surface area contributed by atoms with Crippen LogP contribution in [-0.4, -0.2) is 40.6 Å². The van der Waals surface area contributed by atoms with Crippen molar-refractivity contribution in [3.63, 3.8) is 0 Å². The molecular weight excluding hydrogens is 430 g/mol. The fourth-order valence-corrected chi connectivity index (χ4v) is 4.18. The van der Waals surface area contributed by atoms with Crippen molar-refractivity contribution >= 4 is 23.4 Å². The van der Waals surface area contributed by atoms with E-state index in [4.69, 9.17) is 9.72 Å². The van der Waals surface area contributed by atoms with Gasteiger partial charge in [-0.3, -0.25) is 14.0 Å². The van der Waals surface area contributed by atoms with Crippen molar-refractivity contribution in [3.05, 3.63) is 81.3 Å². The average Bonchev–Trinajstić information content (AvgIpc) is 2.82. The number of aromatic nitrogens is 2. The predicted octanol–water partition coefficient (Wildman–Crippen LogP) is 2.84. The molecule has 1 N–H and O–H groups in total. The Hall–Kier alpha value is -3.96. The molecule has 0 unspecified atom stereocenters. The Balaban J connectivity index is 1.78. The number of hydrogen-bond acceptors (Lipinski definition) is 6. The number of ether oxygens (including phenoxy) is 1. The molecule has 1 aliphatic heterocycles. The number of amides is 1. The number of benzene rings is 1. The lowest BCUT2D eigenvalue weighted by Gasteiger charge is -2.36. The van der Waals surface area contributed by atoms with Gasteiger partial charge in [0.25, 0.3) is 11.5 Å². The smallest absolute Gasteiger partial charge is 0.267 e. The number of nitrogens with zero attached hydrogens (tertiary/aromatic N) is 4. The highest BCUT2D eigenvalue weighted by Crippen LogP contribution is 2.24. The summed E-state index contributed by atoms with van der Waals surface area (Å²) in [6, 6.07) is 15.0. The van der Waals surface area contributed by atoms with Gasteiger partial charge in [0.15, 0.2) is 0 Å². The molecule has 3 heterocycles. The monoisotopic (exact) mass is 457 g/mol. The fraction of sp³-hybridized carbons (Fsp3) is 0.308. The fourth-order valence-electron chi connectivity index (χ4n) is 4.18. The highest BCUT2D eigenvalue weighted by molar-refractivity contribution is 6.02. The van der Waals surface area contributed by atoms with E-state index in [0.717, 1.165) is 11.1 Å². The molecule has 2 aromatic heterocycles. The number of aryl methyl sites for hydroxylation is 1. The standard InChI is InChI=1S/C26H27N5O3/c1-17-8-7-11-31-23(17)29-24(30-15-18(2)34-19(3)16-30)22(26(31)33)12-21(13-27)25(32)28-14-20-9-5-4-6-10-20/h4-12,18-19H,14-16H2,1-3H3,(H,28,32)/b21-12+/t18-,19+. The lowest BCUT2D eigenvalue weighted by molar-refractivity contribution is -0.117. The zero-order chi connectivity index (χ0) is 24.2. The number of morpholine rings is 1. The van der Waals surface area contributed by atoms with Crippen molar-refractivity contribution in [2.45, 2.75) is 39.5 Å². The van der Waals surface area contributed by atoms with E-state index < -0.39 is 5.91 Å². The summed E-state index contributed by atoms with van der Waals surface area (Å²) in [6.45, 7) is 7.19. The summed E-state index contributed by atoms with van der Waals surface area (Å²) in [4.78, 5) is 33.2. The zero-order valence-corrected chi connectivity index (χ0v) is 19.5. The molecule has 3 aromatic rings. The maximum absolute atomic E-state index is 13.5. The highest BCUT2D eigenvalue weighted by atomic mass is 16.5. The average molecular weight is 458 g/mol.